The van der Waals surface area contributed by atoms with Crippen LogP contribution in [0.25, 0.3) is 0 Å². The number of hydrogen-bond acceptors (Lipinski definition) is 1. The molecule has 0 aliphatic heterocycles. The van der Waals surface area contributed by atoms with Crippen LogP contribution in [0.4, 0.5) is 0 Å². The van der Waals surface area contributed by atoms with Gasteiger partial charge in [-0.2, -0.15) is 5.84 Å². The summed E-state index contributed by atoms with van der Waals surface area (Å²) in [6.45, 7) is 5.01. The van der Waals surface area contributed by atoms with Crippen molar-refractivity contribution in [3.05, 3.63) is 11.6 Å². The molecule has 0 aliphatic carbocycles. The van der Waals surface area contributed by atoms with Crippen molar-refractivity contribution in [2.75, 3.05) is 6.54 Å². The molecule has 0 radical (unpaired) electrons. The third-order valence-electron chi connectivity index (χ3n) is 0.662. The zero-order valence-electron chi connectivity index (χ0n) is 5.32. The number of quaternary nitrogens is 1. The first-order chi connectivity index (χ1) is 3.27. The lowest BCUT2D eigenvalue weighted by molar-refractivity contribution is -0.658. The molecule has 2 nitrogen and oxygen atoms in total. The molecule has 0 spiro atoms. The largest absolute Gasteiger partial charge is 1.00 e. The van der Waals surface area contributed by atoms with Crippen molar-refractivity contribution in [3.8, 4) is 0 Å². The fraction of sp³-hybridized carbons (Fsp3) is 0.600. The maximum atomic E-state index is 5.11. The number of nitrogens with two attached hydrogens (primary N) is 2. The molecule has 0 aromatic carbocycles. The molecule has 0 rings (SSSR count). The van der Waals surface area contributed by atoms with Crippen molar-refractivity contribution >= 4 is 0 Å². The van der Waals surface area contributed by atoms with Gasteiger partial charge in [0.05, 0.1) is 0 Å². The molecule has 0 aliphatic rings. The number of halogens is 1. The number of hydrogen-bond donors (Lipinski definition) is 2. The molecule has 0 aromatic heterocycles. The highest BCUT2D eigenvalue weighted by Gasteiger charge is 1.74. The molecule has 50 valence electrons. The highest BCUT2D eigenvalue weighted by atomic mass is 35.5. The molecule has 0 fully saturated rings. The first-order valence-electron chi connectivity index (χ1n) is 2.44. The van der Waals surface area contributed by atoms with Crippen LogP contribution >= 0.6 is 0 Å². The Bertz CT molecular complexity index is 66.8. The molecule has 8 heavy (non-hydrogen) atoms. The van der Waals surface area contributed by atoms with E-state index >= 15 is 0 Å². The molecule has 0 saturated heterocycles. The van der Waals surface area contributed by atoms with Crippen LogP contribution in [0, 0.1) is 0 Å². The van der Waals surface area contributed by atoms with Crippen molar-refractivity contribution in [1.82, 2.24) is 0 Å². The van der Waals surface area contributed by atoms with Crippen molar-refractivity contribution in [1.29, 1.82) is 0 Å². The summed E-state index contributed by atoms with van der Waals surface area (Å²) in [5.74, 6) is 5.11. The summed E-state index contributed by atoms with van der Waals surface area (Å²) >= 11 is 0. The minimum absolute atomic E-state index is 0. The molecule has 0 heterocycles. The zero-order chi connectivity index (χ0) is 5.70. The van der Waals surface area contributed by atoms with Crippen LogP contribution in [-0.4, -0.2) is 6.54 Å². The van der Waals surface area contributed by atoms with Gasteiger partial charge >= 0.3 is 0 Å². The summed E-state index contributed by atoms with van der Waals surface area (Å²) in [6.07, 6.45) is 2.08. The summed E-state index contributed by atoms with van der Waals surface area (Å²) in [6, 6.07) is 0. The Kier molecular flexibility index (Phi) is 9.42. The minimum atomic E-state index is 0. The third kappa shape index (κ3) is 9.34. The predicted molar refractivity (Wildman–Crippen MR) is 30.4 cm³/mol. The van der Waals surface area contributed by atoms with Crippen LogP contribution in [0.2, 0.25) is 0 Å². The Balaban J connectivity index is 0. The molecule has 0 saturated carbocycles. The third-order valence-corrected chi connectivity index (χ3v) is 0.662. The van der Waals surface area contributed by atoms with Gasteiger partial charge in [-0.05, 0) is 19.9 Å². The summed E-state index contributed by atoms with van der Waals surface area (Å²) in [7, 11) is 0. The van der Waals surface area contributed by atoms with Gasteiger partial charge in [0.25, 0.3) is 0 Å². The van der Waals surface area contributed by atoms with Gasteiger partial charge in [-0.1, -0.05) is 5.57 Å². The van der Waals surface area contributed by atoms with Gasteiger partial charge in [0.2, 0.25) is 0 Å². The quantitative estimate of drug-likeness (QED) is 0.230. The lowest BCUT2D eigenvalue weighted by Crippen LogP contribution is -3.00. The lowest BCUT2D eigenvalue weighted by Gasteiger charge is -1.85. The van der Waals surface area contributed by atoms with E-state index in [1.165, 1.54) is 5.57 Å². The van der Waals surface area contributed by atoms with Gasteiger partial charge < -0.3 is 12.4 Å². The lowest BCUT2D eigenvalue weighted by atomic mass is 10.3. The average molecular weight is 137 g/mol. The van der Waals surface area contributed by atoms with E-state index in [-0.39, 0.29) is 12.4 Å². The second kappa shape index (κ2) is 6.95. The van der Waals surface area contributed by atoms with E-state index in [4.69, 9.17) is 5.84 Å². The maximum Gasteiger partial charge on any atom is 0.112 e. The van der Waals surface area contributed by atoms with Crippen molar-refractivity contribution in [2.45, 2.75) is 13.8 Å². The minimum Gasteiger partial charge on any atom is -1.00 e. The Hall–Kier alpha value is -0.0500. The van der Waals surface area contributed by atoms with E-state index < -0.39 is 0 Å². The van der Waals surface area contributed by atoms with Crippen molar-refractivity contribution < 1.29 is 17.8 Å². The van der Waals surface area contributed by atoms with E-state index in [2.05, 4.69) is 19.9 Å². The predicted octanol–water partition coefficient (Wildman–Crippen LogP) is -3.61. The Morgan fingerprint density at radius 3 is 2.25 bits per heavy atom. The smallest absolute Gasteiger partial charge is 0.112 e. The van der Waals surface area contributed by atoms with E-state index in [0.29, 0.717) is 0 Å². The Labute approximate surface area is 56.5 Å². The first-order valence-corrected chi connectivity index (χ1v) is 2.44. The zero-order valence-corrected chi connectivity index (χ0v) is 6.07. The van der Waals surface area contributed by atoms with Gasteiger partial charge in [0.15, 0.2) is 0 Å². The van der Waals surface area contributed by atoms with Crippen molar-refractivity contribution in [3.63, 3.8) is 0 Å². The summed E-state index contributed by atoms with van der Waals surface area (Å²) in [5, 5.41) is 0. The van der Waals surface area contributed by atoms with Crippen LogP contribution in [0.15, 0.2) is 11.6 Å². The molecule has 0 atom stereocenters. The second-order valence-corrected chi connectivity index (χ2v) is 1.75. The first kappa shape index (κ1) is 10.8. The maximum absolute atomic E-state index is 5.11. The van der Waals surface area contributed by atoms with Crippen LogP contribution in [0.1, 0.15) is 13.8 Å². The van der Waals surface area contributed by atoms with Crippen LogP contribution in [0.3, 0.4) is 0 Å². The van der Waals surface area contributed by atoms with E-state index in [0.717, 1.165) is 6.54 Å². The fourth-order valence-electron chi connectivity index (χ4n) is 0.304. The number of allylic oxidation sites excluding steroid dienone is 1. The molecule has 0 unspecified atom stereocenters. The monoisotopic (exact) mass is 136 g/mol. The summed E-state index contributed by atoms with van der Waals surface area (Å²) < 4.78 is 0. The molecular weight excluding hydrogens is 124 g/mol. The van der Waals surface area contributed by atoms with Gasteiger partial charge in [0, 0.05) is 0 Å². The standard InChI is InChI=1S/C5H12N2.ClH/c1-5(2)3-4-7-6;/h3,7H,4,6H2,1-2H3;1H. The Morgan fingerprint density at radius 2 is 2.12 bits per heavy atom. The fourth-order valence-corrected chi connectivity index (χ4v) is 0.304. The Morgan fingerprint density at radius 1 is 1.62 bits per heavy atom. The van der Waals surface area contributed by atoms with Gasteiger partial charge in [-0.3, -0.25) is 5.43 Å². The molecule has 3 heteroatoms. The molecular formula is C5H13ClN2. The van der Waals surface area contributed by atoms with Gasteiger partial charge in [-0.15, -0.1) is 0 Å². The van der Waals surface area contributed by atoms with Crippen molar-refractivity contribution in [2.24, 2.45) is 5.84 Å². The van der Waals surface area contributed by atoms with Crippen LogP contribution in [-0.2, 0) is 0 Å². The number of rotatable bonds is 2. The normalized spacial score (nSPS) is 7.38. The van der Waals surface area contributed by atoms with E-state index in [9.17, 15) is 0 Å². The second-order valence-electron chi connectivity index (χ2n) is 1.75. The summed E-state index contributed by atoms with van der Waals surface area (Å²) in [5.41, 5.74) is 2.97. The highest BCUT2D eigenvalue weighted by molar-refractivity contribution is 4.91. The average Bonchev–Trinajstić information content (AvgIpc) is 1.61. The summed E-state index contributed by atoms with van der Waals surface area (Å²) in [4.78, 5) is 0. The van der Waals surface area contributed by atoms with Crippen LogP contribution in [0.5, 0.6) is 0 Å². The SMILES string of the molecule is CC(C)=CC[NH2+]N.[Cl-]. The van der Waals surface area contributed by atoms with Gasteiger partial charge in [-0.25, -0.2) is 0 Å². The van der Waals surface area contributed by atoms with Gasteiger partial charge in [0.1, 0.15) is 6.54 Å². The molecule has 4 N–H and O–H groups in total. The van der Waals surface area contributed by atoms with E-state index in [1.54, 1.807) is 5.43 Å². The highest BCUT2D eigenvalue weighted by Crippen LogP contribution is 1.82. The molecule has 0 aromatic rings. The van der Waals surface area contributed by atoms with E-state index in [1.807, 2.05) is 0 Å². The van der Waals surface area contributed by atoms with Crippen LogP contribution < -0.4 is 23.7 Å². The molecule has 0 bridgehead atoms. The molecule has 0 amide bonds. The topological polar surface area (TPSA) is 42.6 Å².